The molecular formula is C21H25BN5O4PS. The van der Waals surface area contributed by atoms with Crippen molar-refractivity contribution >= 4 is 40.2 Å². The fraction of sp³-hybridized carbons (Fsp3) is 0.429. The molecule has 0 spiro atoms. The Morgan fingerprint density at radius 1 is 1.45 bits per heavy atom. The molecule has 0 aliphatic carbocycles. The quantitative estimate of drug-likeness (QED) is 0.295. The maximum absolute atomic E-state index is 13.0. The van der Waals surface area contributed by atoms with E-state index < -0.39 is 26.9 Å². The van der Waals surface area contributed by atoms with Crippen LogP contribution >= 0.6 is 20.3 Å². The molecule has 0 saturated carbocycles. The summed E-state index contributed by atoms with van der Waals surface area (Å²) in [5.41, 5.74) is 4.80. The molecule has 172 valence electrons. The molecule has 12 heteroatoms. The van der Waals surface area contributed by atoms with Gasteiger partial charge in [0.25, 0.3) is 0 Å². The second kappa shape index (κ2) is 10.4. The van der Waals surface area contributed by atoms with E-state index in [1.54, 1.807) is 18.6 Å². The molecule has 2 aliphatic rings. The Hall–Kier alpha value is -2.17. The first-order valence-corrected chi connectivity index (χ1v) is 12.4. The number of nitrogens with zero attached hydrogens (tertiary/aromatic N) is 4. The molecule has 2 aliphatic heterocycles. The molecule has 33 heavy (non-hydrogen) atoms. The zero-order valence-corrected chi connectivity index (χ0v) is 20.2. The lowest BCUT2D eigenvalue weighted by Gasteiger charge is -2.46. The summed E-state index contributed by atoms with van der Waals surface area (Å²) in [6.07, 6.45) is 2.74. The van der Waals surface area contributed by atoms with Crippen LogP contribution < -0.4 is 5.00 Å². The molecule has 4 heterocycles. The van der Waals surface area contributed by atoms with Crippen molar-refractivity contribution in [2.45, 2.75) is 39.1 Å². The maximum atomic E-state index is 13.0. The van der Waals surface area contributed by atoms with Gasteiger partial charge in [0.15, 0.2) is 7.98 Å². The van der Waals surface area contributed by atoms with Crippen molar-refractivity contribution in [2.24, 2.45) is 11.8 Å². The summed E-state index contributed by atoms with van der Waals surface area (Å²) < 4.78 is 5.26. The van der Waals surface area contributed by atoms with Gasteiger partial charge in [0, 0.05) is 43.3 Å². The van der Waals surface area contributed by atoms with Crippen molar-refractivity contribution in [1.82, 2.24) is 24.8 Å². The Kier molecular flexibility index (Phi) is 7.56. The van der Waals surface area contributed by atoms with E-state index in [2.05, 4.69) is 19.9 Å². The number of hydrogen-bond donors (Lipinski definition) is 2. The fourth-order valence-electron chi connectivity index (χ4n) is 4.67. The van der Waals surface area contributed by atoms with Crippen molar-refractivity contribution in [3.05, 3.63) is 57.9 Å². The van der Waals surface area contributed by atoms with Crippen LogP contribution in [0.25, 0.3) is 0 Å². The molecule has 1 fully saturated rings. The number of carbonyl (C=O) groups is 2. The van der Waals surface area contributed by atoms with Crippen LogP contribution in [-0.4, -0.2) is 63.4 Å². The lowest BCUT2D eigenvalue weighted by atomic mass is 9.77. The van der Waals surface area contributed by atoms with E-state index in [1.807, 2.05) is 30.6 Å². The number of aromatic nitrogens is 2. The summed E-state index contributed by atoms with van der Waals surface area (Å²) in [5.74, 6) is -1.51. The average molecular weight is 485 g/mol. The highest BCUT2D eigenvalue weighted by Crippen LogP contribution is 2.48. The monoisotopic (exact) mass is 485 g/mol. The molecule has 1 amide bonds. The first kappa shape index (κ1) is 24.0. The van der Waals surface area contributed by atoms with Crippen LogP contribution in [0.4, 0.5) is 0 Å². The fourth-order valence-corrected chi connectivity index (χ4v) is 5.47. The van der Waals surface area contributed by atoms with Crippen LogP contribution in [0.15, 0.2) is 46.7 Å². The van der Waals surface area contributed by atoms with Crippen LogP contribution in [0, 0.1) is 11.8 Å². The van der Waals surface area contributed by atoms with Crippen LogP contribution in [0.2, 0.25) is 0 Å². The lowest BCUT2D eigenvalue weighted by molar-refractivity contribution is -0.162. The third-order valence-corrected chi connectivity index (χ3v) is 7.14. The van der Waals surface area contributed by atoms with Gasteiger partial charge in [-0.05, 0) is 24.1 Å². The zero-order chi connectivity index (χ0) is 23.5. The van der Waals surface area contributed by atoms with E-state index >= 15 is 0 Å². The zero-order valence-electron chi connectivity index (χ0n) is 18.3. The van der Waals surface area contributed by atoms with Gasteiger partial charge in [-0.2, -0.15) is 0 Å². The van der Waals surface area contributed by atoms with Gasteiger partial charge in [0.1, 0.15) is 14.7 Å². The van der Waals surface area contributed by atoms with Crippen LogP contribution in [-0.2, 0) is 27.2 Å². The number of nitrogens with one attached hydrogen (secondary N) is 1. The van der Waals surface area contributed by atoms with E-state index in [-0.39, 0.29) is 23.6 Å². The van der Waals surface area contributed by atoms with E-state index in [0.29, 0.717) is 19.6 Å². The van der Waals surface area contributed by atoms with Gasteiger partial charge in [0.2, 0.25) is 5.91 Å². The number of fused-ring (bicyclic) bond motifs is 1. The minimum Gasteiger partial charge on any atom is -0.428 e. The Balaban J connectivity index is 1.66. The summed E-state index contributed by atoms with van der Waals surface area (Å²) >= 11 is 1.53. The molecule has 9 nitrogen and oxygen atoms in total. The first-order valence-electron chi connectivity index (χ1n) is 10.6. The maximum Gasteiger partial charge on any atom is 0.358 e. The molecule has 2 radical (unpaired) electrons. The molecule has 2 aromatic rings. The summed E-state index contributed by atoms with van der Waals surface area (Å²) in [5, 5.41) is 12.2. The first-order chi connectivity index (χ1) is 15.9. The van der Waals surface area contributed by atoms with Gasteiger partial charge >= 0.3 is 5.97 Å². The number of aliphatic hydroxyl groups excluding tert-OH is 1. The van der Waals surface area contributed by atoms with Crippen LogP contribution in [0.1, 0.15) is 25.1 Å². The summed E-state index contributed by atoms with van der Waals surface area (Å²) in [6, 6.07) is 3.61. The van der Waals surface area contributed by atoms with Gasteiger partial charge in [-0.3, -0.25) is 14.7 Å². The molecule has 0 aromatic carbocycles. The Morgan fingerprint density at radius 3 is 2.91 bits per heavy atom. The second-order valence-electron chi connectivity index (χ2n) is 8.25. The normalized spacial score (nSPS) is 23.3. The molecule has 2 N–H and O–H groups in total. The largest absolute Gasteiger partial charge is 0.428 e. The third-order valence-electron chi connectivity index (χ3n) is 6.10. The topological polar surface area (TPSA) is 108 Å². The number of hydrogen-bond acceptors (Lipinski definition) is 9. The van der Waals surface area contributed by atoms with Gasteiger partial charge < -0.3 is 19.5 Å². The molecule has 4 rings (SSSR count). The Bertz CT molecular complexity index is 1020. The predicted molar refractivity (Wildman–Crippen MR) is 126 cm³/mol. The minimum absolute atomic E-state index is 0.120. The van der Waals surface area contributed by atoms with Crippen molar-refractivity contribution in [2.75, 3.05) is 6.54 Å². The van der Waals surface area contributed by atoms with Crippen molar-refractivity contribution in [1.29, 1.82) is 0 Å². The number of aliphatic hydroxyl groups is 1. The Morgan fingerprint density at radius 2 is 2.27 bits per heavy atom. The highest BCUT2D eigenvalue weighted by Gasteiger charge is 2.60. The number of pyridine rings is 1. The van der Waals surface area contributed by atoms with Gasteiger partial charge in [0.05, 0.1) is 29.3 Å². The minimum atomic E-state index is -0.799. The lowest BCUT2D eigenvalue weighted by Crippen LogP contribution is -2.63. The number of amides is 1. The molecular weight excluding hydrogens is 460 g/mol. The summed E-state index contributed by atoms with van der Waals surface area (Å²) in [4.78, 5) is 40.4. The Labute approximate surface area is 199 Å². The van der Waals surface area contributed by atoms with Crippen LogP contribution in [0.3, 0.4) is 0 Å². The molecule has 1 saturated heterocycles. The standard InChI is InChI=1S/C21H25BN5O4PS/c1-12-16(9-26(8-15-10-33-11-24-15)7-14-4-3-5-23-6-14)19(21(30)31-32-25-22)27-18(12)17(13(2)28)20(27)29/h3-6,10-13,17-18,25,28,32H,7-9H2,1-2H3/t12-,13+,17+,18+/m0/s1. The average Bonchev–Trinajstić information content (AvgIpc) is 3.38. The van der Waals surface area contributed by atoms with E-state index in [4.69, 9.17) is 12.5 Å². The van der Waals surface area contributed by atoms with E-state index in [1.165, 1.54) is 16.2 Å². The third kappa shape index (κ3) is 4.88. The molecule has 2 aromatic heterocycles. The van der Waals surface area contributed by atoms with Gasteiger partial charge in [-0.1, -0.05) is 13.0 Å². The molecule has 5 atom stereocenters. The summed E-state index contributed by atoms with van der Waals surface area (Å²) in [6.45, 7) is 5.20. The SMILES string of the molecule is [B]NPOC(=O)C1=C(CN(Cc2cccnc2)Cc2cscn2)[C@H](C)[C@@H]2[C@@H]([C@@H](C)O)C(=O)N12. The van der Waals surface area contributed by atoms with Crippen molar-refractivity contribution in [3.8, 4) is 0 Å². The van der Waals surface area contributed by atoms with E-state index in [9.17, 15) is 14.7 Å². The van der Waals surface area contributed by atoms with E-state index in [0.717, 1.165) is 16.8 Å². The number of thiazole rings is 1. The molecule has 1 unspecified atom stereocenters. The van der Waals surface area contributed by atoms with Gasteiger partial charge in [-0.15, -0.1) is 11.3 Å². The number of carbonyl (C=O) groups excluding carboxylic acids is 2. The highest BCUT2D eigenvalue weighted by molar-refractivity contribution is 7.32. The number of β-lactam (4-membered cyclic amide) rings is 1. The second-order valence-corrected chi connectivity index (χ2v) is 9.67. The predicted octanol–water partition coefficient (Wildman–Crippen LogP) is 1.38. The van der Waals surface area contributed by atoms with Crippen LogP contribution in [0.5, 0.6) is 0 Å². The molecule has 0 bridgehead atoms. The summed E-state index contributed by atoms with van der Waals surface area (Å²) in [7, 11) is 4.85. The van der Waals surface area contributed by atoms with Crippen molar-refractivity contribution in [3.63, 3.8) is 0 Å². The van der Waals surface area contributed by atoms with Crippen molar-refractivity contribution < 1.29 is 19.2 Å². The van der Waals surface area contributed by atoms with Gasteiger partial charge in [-0.25, -0.2) is 9.78 Å². The smallest absolute Gasteiger partial charge is 0.358 e. The highest BCUT2D eigenvalue weighted by atomic mass is 32.1. The number of rotatable bonds is 10.